The van der Waals surface area contributed by atoms with Gasteiger partial charge in [0.05, 0.1) is 11.7 Å². The Hall–Kier alpha value is -2.91. The topological polar surface area (TPSA) is 93.8 Å². The Bertz CT molecular complexity index is 1010. The van der Waals surface area contributed by atoms with Crippen LogP contribution in [-0.4, -0.2) is 60.5 Å². The molecular formula is C23H27N5O3S. The van der Waals surface area contributed by atoms with Gasteiger partial charge >= 0.3 is 6.03 Å². The fourth-order valence-electron chi connectivity index (χ4n) is 5.06. The van der Waals surface area contributed by atoms with Crippen LogP contribution in [-0.2, 0) is 16.0 Å². The second-order valence-electron chi connectivity index (χ2n) is 8.62. The van der Waals surface area contributed by atoms with Crippen molar-refractivity contribution < 1.29 is 14.4 Å². The quantitative estimate of drug-likeness (QED) is 0.647. The third kappa shape index (κ3) is 4.22. The van der Waals surface area contributed by atoms with E-state index in [9.17, 15) is 14.4 Å². The highest BCUT2D eigenvalue weighted by molar-refractivity contribution is 7.08. The first-order valence-electron chi connectivity index (χ1n) is 11.1. The van der Waals surface area contributed by atoms with Gasteiger partial charge in [0.25, 0.3) is 0 Å². The third-order valence-electron chi connectivity index (χ3n) is 6.62. The zero-order chi connectivity index (χ0) is 22.1. The van der Waals surface area contributed by atoms with Crippen LogP contribution in [0.1, 0.15) is 24.8 Å². The standard InChI is InChI=1S/C23H27N5O3S/c29-21(27-9-7-15-3-1-2-4-19(15)27)6-5-18-12-24-22(30)20-11-17(13-28(18)20)26-23(31)25-16-8-10-32-14-16/h1-4,8,10,14,17-18,20H,5-7,9,11-13H2,(H,24,30)(H2,25,26,31). The van der Waals surface area contributed by atoms with E-state index in [1.165, 1.54) is 16.9 Å². The molecule has 2 saturated heterocycles. The van der Waals surface area contributed by atoms with E-state index in [0.717, 1.165) is 24.3 Å². The predicted octanol–water partition coefficient (Wildman–Crippen LogP) is 2.18. The molecule has 0 saturated carbocycles. The Balaban J connectivity index is 1.17. The molecule has 8 nitrogen and oxygen atoms in total. The van der Waals surface area contributed by atoms with Crippen LogP contribution in [0.15, 0.2) is 41.1 Å². The molecule has 5 rings (SSSR count). The van der Waals surface area contributed by atoms with Gasteiger partial charge in [-0.1, -0.05) is 18.2 Å². The fraction of sp³-hybridized carbons (Fsp3) is 0.435. The molecule has 4 amide bonds. The van der Waals surface area contributed by atoms with Gasteiger partial charge < -0.3 is 20.9 Å². The zero-order valence-corrected chi connectivity index (χ0v) is 18.6. The van der Waals surface area contributed by atoms with Crippen LogP contribution in [0.4, 0.5) is 16.2 Å². The number of amides is 4. The molecule has 1 aromatic carbocycles. The second-order valence-corrected chi connectivity index (χ2v) is 9.40. The third-order valence-corrected chi connectivity index (χ3v) is 7.30. The average molecular weight is 454 g/mol. The summed E-state index contributed by atoms with van der Waals surface area (Å²) < 4.78 is 0. The fourth-order valence-corrected chi connectivity index (χ4v) is 5.65. The molecule has 3 aliphatic heterocycles. The van der Waals surface area contributed by atoms with Crippen molar-refractivity contribution in [2.75, 3.05) is 29.9 Å². The van der Waals surface area contributed by atoms with E-state index in [-0.39, 0.29) is 36.0 Å². The maximum atomic E-state index is 12.9. The molecular weight excluding hydrogens is 426 g/mol. The Morgan fingerprint density at radius 2 is 2.09 bits per heavy atom. The normalized spacial score (nSPS) is 24.6. The number of rotatable bonds is 5. The van der Waals surface area contributed by atoms with E-state index in [4.69, 9.17) is 0 Å². The predicted molar refractivity (Wildman–Crippen MR) is 124 cm³/mol. The Labute approximate surface area is 191 Å². The summed E-state index contributed by atoms with van der Waals surface area (Å²) in [5, 5.41) is 12.6. The molecule has 32 heavy (non-hydrogen) atoms. The molecule has 1 aromatic heterocycles. The van der Waals surface area contributed by atoms with Crippen molar-refractivity contribution in [3.63, 3.8) is 0 Å². The minimum atomic E-state index is -0.261. The monoisotopic (exact) mass is 453 g/mol. The number of fused-ring (bicyclic) bond motifs is 2. The van der Waals surface area contributed by atoms with Gasteiger partial charge in [-0.3, -0.25) is 14.5 Å². The van der Waals surface area contributed by atoms with Gasteiger partial charge in [-0.15, -0.1) is 0 Å². The lowest BCUT2D eigenvalue weighted by Gasteiger charge is -2.37. The van der Waals surface area contributed by atoms with Gasteiger partial charge in [0, 0.05) is 49.2 Å². The first-order chi connectivity index (χ1) is 15.6. The van der Waals surface area contributed by atoms with Crippen LogP contribution in [0.3, 0.4) is 0 Å². The molecule has 0 aliphatic carbocycles. The van der Waals surface area contributed by atoms with Crippen LogP contribution in [0.2, 0.25) is 0 Å². The van der Waals surface area contributed by atoms with Gasteiger partial charge in [-0.05, 0) is 42.3 Å². The maximum Gasteiger partial charge on any atom is 0.319 e. The molecule has 0 radical (unpaired) electrons. The molecule has 2 fully saturated rings. The van der Waals surface area contributed by atoms with Crippen LogP contribution < -0.4 is 20.9 Å². The highest BCUT2D eigenvalue weighted by atomic mass is 32.1. The summed E-state index contributed by atoms with van der Waals surface area (Å²) in [4.78, 5) is 41.7. The first kappa shape index (κ1) is 21.0. The molecule has 0 spiro atoms. The largest absolute Gasteiger partial charge is 0.353 e. The second kappa shape index (κ2) is 8.91. The number of hydrogen-bond acceptors (Lipinski definition) is 5. The van der Waals surface area contributed by atoms with Gasteiger partial charge in [-0.25, -0.2) is 4.79 Å². The number of anilines is 2. The molecule has 0 bridgehead atoms. The van der Waals surface area contributed by atoms with Crippen molar-refractivity contribution in [3.8, 4) is 0 Å². The number of benzene rings is 1. The van der Waals surface area contributed by atoms with Crippen molar-refractivity contribution in [1.82, 2.24) is 15.5 Å². The van der Waals surface area contributed by atoms with Crippen molar-refractivity contribution in [1.29, 1.82) is 0 Å². The Morgan fingerprint density at radius 1 is 1.22 bits per heavy atom. The number of urea groups is 1. The zero-order valence-electron chi connectivity index (χ0n) is 17.8. The summed E-state index contributed by atoms with van der Waals surface area (Å²) in [6, 6.07) is 9.38. The van der Waals surface area contributed by atoms with Crippen molar-refractivity contribution in [2.45, 2.75) is 43.8 Å². The summed E-state index contributed by atoms with van der Waals surface area (Å²) in [7, 11) is 0. The van der Waals surface area contributed by atoms with Gasteiger partial charge in [0.1, 0.15) is 0 Å². The number of hydrogen-bond donors (Lipinski definition) is 3. The number of para-hydroxylation sites is 1. The minimum Gasteiger partial charge on any atom is -0.353 e. The molecule has 2 aromatic rings. The van der Waals surface area contributed by atoms with E-state index < -0.39 is 0 Å². The number of piperazine rings is 1. The van der Waals surface area contributed by atoms with E-state index in [0.29, 0.717) is 32.4 Å². The summed E-state index contributed by atoms with van der Waals surface area (Å²) in [6.07, 6.45) is 2.60. The van der Waals surface area contributed by atoms with E-state index in [1.54, 1.807) is 0 Å². The molecule has 4 heterocycles. The Kier molecular flexibility index (Phi) is 5.84. The first-order valence-corrected chi connectivity index (χ1v) is 12.0. The van der Waals surface area contributed by atoms with Crippen molar-refractivity contribution in [3.05, 3.63) is 46.7 Å². The van der Waals surface area contributed by atoms with E-state index in [2.05, 4.69) is 26.9 Å². The lowest BCUT2D eigenvalue weighted by Crippen LogP contribution is -2.58. The summed E-state index contributed by atoms with van der Waals surface area (Å²) in [6.45, 7) is 1.88. The minimum absolute atomic E-state index is 0.00332. The number of carbonyl (C=O) groups excluding carboxylic acids is 3. The van der Waals surface area contributed by atoms with Gasteiger partial charge in [0.15, 0.2) is 0 Å². The van der Waals surface area contributed by atoms with Gasteiger partial charge in [-0.2, -0.15) is 11.3 Å². The lowest BCUT2D eigenvalue weighted by atomic mass is 10.0. The molecule has 168 valence electrons. The molecule has 3 N–H and O–H groups in total. The molecule has 3 atom stereocenters. The number of thiophene rings is 1. The number of carbonyl (C=O) groups is 3. The Morgan fingerprint density at radius 3 is 2.94 bits per heavy atom. The highest BCUT2D eigenvalue weighted by Crippen LogP contribution is 2.30. The number of nitrogens with zero attached hydrogens (tertiary/aromatic N) is 2. The summed E-state index contributed by atoms with van der Waals surface area (Å²) >= 11 is 1.52. The smallest absolute Gasteiger partial charge is 0.319 e. The molecule has 3 aliphatic rings. The highest BCUT2D eigenvalue weighted by Gasteiger charge is 2.44. The van der Waals surface area contributed by atoms with Crippen LogP contribution in [0.5, 0.6) is 0 Å². The summed E-state index contributed by atoms with van der Waals surface area (Å²) in [5.74, 6) is 0.135. The summed E-state index contributed by atoms with van der Waals surface area (Å²) in [5.41, 5.74) is 3.01. The molecule has 9 heteroatoms. The van der Waals surface area contributed by atoms with E-state index in [1.807, 2.05) is 39.9 Å². The van der Waals surface area contributed by atoms with Crippen molar-refractivity contribution >= 4 is 40.6 Å². The van der Waals surface area contributed by atoms with Crippen LogP contribution in [0.25, 0.3) is 0 Å². The van der Waals surface area contributed by atoms with E-state index >= 15 is 0 Å². The van der Waals surface area contributed by atoms with Gasteiger partial charge in [0.2, 0.25) is 11.8 Å². The van der Waals surface area contributed by atoms with Crippen LogP contribution >= 0.6 is 11.3 Å². The number of nitrogens with one attached hydrogen (secondary N) is 3. The molecule has 3 unspecified atom stereocenters. The van der Waals surface area contributed by atoms with Crippen LogP contribution in [0, 0.1) is 0 Å². The van der Waals surface area contributed by atoms with Crippen molar-refractivity contribution in [2.24, 2.45) is 0 Å². The maximum absolute atomic E-state index is 12.9. The average Bonchev–Trinajstić information content (AvgIpc) is 3.53. The SMILES string of the molecule is O=C(Nc1ccsc1)NC1CC2C(=O)NCC(CCC(=O)N3CCc4ccccc43)N2C1. The lowest BCUT2D eigenvalue weighted by molar-refractivity contribution is -0.129.